The number of aliphatic hydroxyl groups excluding tert-OH is 1. The largest absolute Gasteiger partial charge is 0.392 e. The van der Waals surface area contributed by atoms with Crippen LogP contribution in [0.4, 0.5) is 5.69 Å². The number of piperidine rings is 1. The Bertz CT molecular complexity index is 598. The van der Waals surface area contributed by atoms with Gasteiger partial charge in [-0.15, -0.1) is 0 Å². The van der Waals surface area contributed by atoms with Gasteiger partial charge in [-0.2, -0.15) is 0 Å². The minimum Gasteiger partial charge on any atom is -0.392 e. The van der Waals surface area contributed by atoms with Crippen LogP contribution in [0.3, 0.4) is 0 Å². The zero-order chi connectivity index (χ0) is 15.6. The molecule has 1 N–H and O–H groups in total. The molecule has 2 aliphatic heterocycles. The van der Waals surface area contributed by atoms with E-state index in [-0.39, 0.29) is 6.61 Å². The van der Waals surface area contributed by atoms with Crippen LogP contribution in [-0.2, 0) is 16.4 Å². The molecule has 3 rings (SSSR count). The van der Waals surface area contributed by atoms with E-state index in [2.05, 4.69) is 14.8 Å². The van der Waals surface area contributed by atoms with Gasteiger partial charge < -0.3 is 10.0 Å². The first-order valence-corrected chi connectivity index (χ1v) is 9.64. The summed E-state index contributed by atoms with van der Waals surface area (Å²) < 4.78 is 23.0. The number of sulfone groups is 1. The Labute approximate surface area is 131 Å². The molecule has 122 valence electrons. The number of rotatable bonds is 3. The van der Waals surface area contributed by atoms with E-state index in [0.717, 1.165) is 37.2 Å². The Hall–Kier alpha value is -1.18. The molecule has 0 aliphatic carbocycles. The summed E-state index contributed by atoms with van der Waals surface area (Å²) in [6.07, 6.45) is 5.55. The van der Waals surface area contributed by atoms with Crippen LogP contribution in [0.15, 0.2) is 18.5 Å². The van der Waals surface area contributed by atoms with E-state index >= 15 is 0 Å². The number of nitrogens with zero attached hydrogens (tertiary/aromatic N) is 3. The summed E-state index contributed by atoms with van der Waals surface area (Å²) in [5.74, 6) is 0.596. The molecule has 0 radical (unpaired) electrons. The van der Waals surface area contributed by atoms with Crippen LogP contribution >= 0.6 is 0 Å². The lowest BCUT2D eigenvalue weighted by atomic mass is 10.0. The van der Waals surface area contributed by atoms with Crippen LogP contribution in [0.2, 0.25) is 0 Å². The van der Waals surface area contributed by atoms with E-state index in [4.69, 9.17) is 0 Å². The van der Waals surface area contributed by atoms with Crippen LogP contribution in [0.25, 0.3) is 0 Å². The molecule has 1 aromatic rings. The van der Waals surface area contributed by atoms with Gasteiger partial charge in [0.05, 0.1) is 18.1 Å². The molecular weight excluding hydrogens is 302 g/mol. The predicted octanol–water partition coefficient (Wildman–Crippen LogP) is 0.273. The molecule has 0 bridgehead atoms. The second kappa shape index (κ2) is 6.52. The van der Waals surface area contributed by atoms with Gasteiger partial charge in [0.25, 0.3) is 0 Å². The van der Waals surface area contributed by atoms with Gasteiger partial charge in [0.15, 0.2) is 9.84 Å². The molecule has 3 heterocycles. The molecule has 0 amide bonds. The summed E-state index contributed by atoms with van der Waals surface area (Å²) in [5, 5.41) is 9.42. The predicted molar refractivity (Wildman–Crippen MR) is 85.6 cm³/mol. The second-order valence-corrected chi connectivity index (χ2v) is 8.37. The van der Waals surface area contributed by atoms with Crippen molar-refractivity contribution in [3.8, 4) is 0 Å². The van der Waals surface area contributed by atoms with Crippen LogP contribution in [0.1, 0.15) is 18.4 Å². The van der Waals surface area contributed by atoms with Gasteiger partial charge in [-0.3, -0.25) is 9.88 Å². The zero-order valence-electron chi connectivity index (χ0n) is 12.7. The van der Waals surface area contributed by atoms with Gasteiger partial charge in [0, 0.05) is 55.9 Å². The fourth-order valence-corrected chi connectivity index (χ4v) is 4.64. The smallest absolute Gasteiger partial charge is 0.152 e. The summed E-state index contributed by atoms with van der Waals surface area (Å²) in [6, 6.07) is 2.44. The van der Waals surface area contributed by atoms with Crippen LogP contribution in [0.5, 0.6) is 0 Å². The van der Waals surface area contributed by atoms with E-state index in [1.807, 2.05) is 6.07 Å². The van der Waals surface area contributed by atoms with Gasteiger partial charge in [-0.05, 0) is 18.9 Å². The Morgan fingerprint density at radius 1 is 1.18 bits per heavy atom. The highest BCUT2D eigenvalue weighted by Gasteiger charge is 2.30. The fourth-order valence-electron chi connectivity index (χ4n) is 3.41. The quantitative estimate of drug-likeness (QED) is 0.860. The topological polar surface area (TPSA) is 73.7 Å². The van der Waals surface area contributed by atoms with Crippen LogP contribution in [0, 0.1) is 0 Å². The number of aliphatic hydroxyl groups is 1. The molecule has 0 saturated carbocycles. The van der Waals surface area contributed by atoms with Crippen molar-refractivity contribution >= 4 is 15.5 Å². The van der Waals surface area contributed by atoms with Crippen LogP contribution < -0.4 is 4.90 Å². The third kappa shape index (κ3) is 3.42. The molecule has 7 heteroatoms. The van der Waals surface area contributed by atoms with Crippen molar-refractivity contribution in [3.63, 3.8) is 0 Å². The number of hydrogen-bond donors (Lipinski definition) is 1. The molecule has 1 aromatic heterocycles. The lowest BCUT2D eigenvalue weighted by molar-refractivity contribution is 0.182. The standard InChI is InChI=1S/C15H23N3O3S/c19-12-13-11-16-4-1-15(13)18-5-2-14(3-6-18)17-7-9-22(20,21)10-8-17/h1,4,11,14,19H,2-3,5-10,12H2. The number of anilines is 1. The highest BCUT2D eigenvalue weighted by atomic mass is 32.2. The molecule has 0 spiro atoms. The van der Waals surface area contributed by atoms with Gasteiger partial charge >= 0.3 is 0 Å². The second-order valence-electron chi connectivity index (χ2n) is 6.07. The SMILES string of the molecule is O=S1(=O)CCN(C2CCN(c3ccncc3CO)CC2)CC1. The Kier molecular flexibility index (Phi) is 4.65. The Morgan fingerprint density at radius 3 is 2.50 bits per heavy atom. The van der Waals surface area contributed by atoms with E-state index in [9.17, 15) is 13.5 Å². The summed E-state index contributed by atoms with van der Waals surface area (Å²) in [5.41, 5.74) is 1.93. The Morgan fingerprint density at radius 2 is 1.86 bits per heavy atom. The van der Waals surface area contributed by atoms with Gasteiger partial charge in [-0.25, -0.2) is 8.42 Å². The first-order valence-electron chi connectivity index (χ1n) is 7.82. The molecule has 2 saturated heterocycles. The van der Waals surface area contributed by atoms with Crippen molar-refractivity contribution < 1.29 is 13.5 Å². The molecule has 2 fully saturated rings. The third-order valence-electron chi connectivity index (χ3n) is 4.75. The lowest BCUT2D eigenvalue weighted by Crippen LogP contribution is -2.50. The molecular formula is C15H23N3O3S. The van der Waals surface area contributed by atoms with Crippen molar-refractivity contribution in [2.24, 2.45) is 0 Å². The van der Waals surface area contributed by atoms with Gasteiger partial charge in [0.1, 0.15) is 0 Å². The van der Waals surface area contributed by atoms with E-state index < -0.39 is 9.84 Å². The van der Waals surface area contributed by atoms with E-state index in [0.29, 0.717) is 30.6 Å². The maximum Gasteiger partial charge on any atom is 0.152 e. The lowest BCUT2D eigenvalue weighted by Gasteiger charge is -2.41. The van der Waals surface area contributed by atoms with Crippen molar-refractivity contribution in [1.82, 2.24) is 9.88 Å². The summed E-state index contributed by atoms with van der Waals surface area (Å²) in [4.78, 5) is 8.69. The van der Waals surface area contributed by atoms with Crippen molar-refractivity contribution in [2.75, 3.05) is 42.6 Å². The summed E-state index contributed by atoms with van der Waals surface area (Å²) in [7, 11) is -2.80. The minimum atomic E-state index is -2.80. The highest BCUT2D eigenvalue weighted by Crippen LogP contribution is 2.26. The average molecular weight is 325 g/mol. The maximum absolute atomic E-state index is 11.5. The van der Waals surface area contributed by atoms with Crippen molar-refractivity contribution in [2.45, 2.75) is 25.5 Å². The molecule has 0 aromatic carbocycles. The maximum atomic E-state index is 11.5. The fraction of sp³-hybridized carbons (Fsp3) is 0.667. The number of pyridine rings is 1. The summed E-state index contributed by atoms with van der Waals surface area (Å²) >= 11 is 0. The van der Waals surface area contributed by atoms with Gasteiger partial charge in [-0.1, -0.05) is 0 Å². The normalized spacial score (nSPS) is 23.6. The molecule has 22 heavy (non-hydrogen) atoms. The Balaban J connectivity index is 1.59. The average Bonchev–Trinajstić information content (AvgIpc) is 2.55. The number of aromatic nitrogens is 1. The zero-order valence-corrected chi connectivity index (χ0v) is 13.5. The van der Waals surface area contributed by atoms with Crippen LogP contribution in [-0.4, -0.2) is 67.1 Å². The molecule has 2 aliphatic rings. The minimum absolute atomic E-state index is 0.00703. The number of hydrogen-bond acceptors (Lipinski definition) is 6. The molecule has 0 unspecified atom stereocenters. The molecule has 0 atom stereocenters. The molecule has 6 nitrogen and oxygen atoms in total. The monoisotopic (exact) mass is 325 g/mol. The van der Waals surface area contributed by atoms with E-state index in [1.54, 1.807) is 12.4 Å². The first-order chi connectivity index (χ1) is 10.6. The van der Waals surface area contributed by atoms with E-state index in [1.165, 1.54) is 0 Å². The third-order valence-corrected chi connectivity index (χ3v) is 6.36. The summed E-state index contributed by atoms with van der Waals surface area (Å²) in [6.45, 7) is 3.22. The van der Waals surface area contributed by atoms with Crippen molar-refractivity contribution in [1.29, 1.82) is 0 Å². The van der Waals surface area contributed by atoms with Gasteiger partial charge in [0.2, 0.25) is 0 Å². The van der Waals surface area contributed by atoms with Crippen molar-refractivity contribution in [3.05, 3.63) is 24.0 Å². The first kappa shape index (κ1) is 15.7. The highest BCUT2D eigenvalue weighted by molar-refractivity contribution is 7.91.